The Kier molecular flexibility index (Phi) is 2.69. The number of thioether (sulfide) groups is 1. The molecule has 4 heteroatoms. The summed E-state index contributed by atoms with van der Waals surface area (Å²) in [4.78, 5) is 12.0. The van der Waals surface area contributed by atoms with E-state index >= 15 is 0 Å². The molecule has 0 saturated carbocycles. The smallest absolute Gasteiger partial charge is 0.188 e. The molecule has 0 N–H and O–H groups in total. The Morgan fingerprint density at radius 1 is 1.62 bits per heavy atom. The van der Waals surface area contributed by atoms with Crippen molar-refractivity contribution in [3.63, 3.8) is 0 Å². The summed E-state index contributed by atoms with van der Waals surface area (Å²) in [6, 6.07) is 1.36. The van der Waals surface area contributed by atoms with E-state index in [-0.39, 0.29) is 16.9 Å². The summed E-state index contributed by atoms with van der Waals surface area (Å²) in [5.41, 5.74) is 0. The van der Waals surface area contributed by atoms with Gasteiger partial charge in [-0.1, -0.05) is 0 Å². The van der Waals surface area contributed by atoms with Crippen molar-refractivity contribution in [3.05, 3.63) is 22.1 Å². The van der Waals surface area contributed by atoms with Crippen LogP contribution in [0.4, 0.5) is 4.39 Å². The van der Waals surface area contributed by atoms with Gasteiger partial charge in [0, 0.05) is 0 Å². The van der Waals surface area contributed by atoms with Crippen molar-refractivity contribution >= 4 is 28.9 Å². The van der Waals surface area contributed by atoms with Crippen LogP contribution in [0.25, 0.3) is 0 Å². The summed E-state index contributed by atoms with van der Waals surface area (Å²) in [6.07, 6.45) is 1.98. The number of carbonyl (C=O) groups is 1. The second kappa shape index (κ2) is 3.80. The third-order valence-electron chi connectivity index (χ3n) is 2.06. The van der Waals surface area contributed by atoms with E-state index in [2.05, 4.69) is 0 Å². The highest BCUT2D eigenvalue weighted by Crippen LogP contribution is 2.31. The molecule has 0 bridgehead atoms. The van der Waals surface area contributed by atoms with E-state index in [1.54, 1.807) is 17.1 Å². The molecule has 1 unspecified atom stereocenters. The van der Waals surface area contributed by atoms with Crippen LogP contribution in [0.1, 0.15) is 22.5 Å². The average Bonchev–Trinajstić information content (AvgIpc) is 2.72. The van der Waals surface area contributed by atoms with E-state index in [4.69, 9.17) is 0 Å². The lowest BCUT2D eigenvalue weighted by atomic mass is 10.1. The Bertz CT molecular complexity index is 315. The number of carbonyl (C=O) groups excluding carboxylic acids is 1. The van der Waals surface area contributed by atoms with Gasteiger partial charge >= 0.3 is 0 Å². The molecule has 1 aromatic heterocycles. The van der Waals surface area contributed by atoms with E-state index < -0.39 is 0 Å². The number of hydrogen-bond donors (Lipinski definition) is 0. The molecule has 0 amide bonds. The second-order valence-electron chi connectivity index (χ2n) is 2.96. The van der Waals surface area contributed by atoms with Crippen molar-refractivity contribution in [2.75, 3.05) is 5.75 Å². The standard InChI is InChI=1S/C9H9FOS2/c10-6-3-5-13-9(6)8(11)7-2-1-4-12-7/h3,5,7H,1-2,4H2. The zero-order chi connectivity index (χ0) is 9.26. The molecule has 0 spiro atoms. The van der Waals surface area contributed by atoms with Crippen LogP contribution >= 0.6 is 23.1 Å². The summed E-state index contributed by atoms with van der Waals surface area (Å²) in [7, 11) is 0. The van der Waals surface area contributed by atoms with Crippen molar-refractivity contribution in [2.24, 2.45) is 0 Å². The average molecular weight is 216 g/mol. The number of halogens is 1. The fourth-order valence-electron chi connectivity index (χ4n) is 1.40. The van der Waals surface area contributed by atoms with E-state index in [0.29, 0.717) is 4.88 Å². The Morgan fingerprint density at radius 2 is 2.46 bits per heavy atom. The Morgan fingerprint density at radius 3 is 3.00 bits per heavy atom. The zero-order valence-corrected chi connectivity index (χ0v) is 8.59. The predicted molar refractivity (Wildman–Crippen MR) is 54.1 cm³/mol. The number of hydrogen-bond acceptors (Lipinski definition) is 3. The lowest BCUT2D eigenvalue weighted by Gasteiger charge is -2.04. The van der Waals surface area contributed by atoms with Crippen LogP contribution in [0.2, 0.25) is 0 Å². The summed E-state index contributed by atoms with van der Waals surface area (Å²) in [5, 5.41) is 1.63. The van der Waals surface area contributed by atoms with Gasteiger partial charge < -0.3 is 0 Å². The summed E-state index contributed by atoms with van der Waals surface area (Å²) < 4.78 is 13.0. The molecule has 1 atom stereocenters. The van der Waals surface area contributed by atoms with Crippen molar-refractivity contribution in [1.29, 1.82) is 0 Å². The maximum absolute atomic E-state index is 13.0. The topological polar surface area (TPSA) is 17.1 Å². The maximum atomic E-state index is 13.0. The second-order valence-corrected chi connectivity index (χ2v) is 5.19. The van der Waals surface area contributed by atoms with Gasteiger partial charge in [0.15, 0.2) is 5.78 Å². The highest BCUT2D eigenvalue weighted by atomic mass is 32.2. The van der Waals surface area contributed by atoms with Gasteiger partial charge in [0.1, 0.15) is 10.7 Å². The number of thiophene rings is 1. The summed E-state index contributed by atoms with van der Waals surface area (Å²) in [6.45, 7) is 0. The van der Waals surface area contributed by atoms with Gasteiger partial charge in [-0.05, 0) is 30.0 Å². The van der Waals surface area contributed by atoms with Crippen LogP contribution in [-0.2, 0) is 0 Å². The normalized spacial score (nSPS) is 22.1. The van der Waals surface area contributed by atoms with Gasteiger partial charge in [0.05, 0.1) is 5.25 Å². The van der Waals surface area contributed by atoms with Crippen LogP contribution in [0.3, 0.4) is 0 Å². The van der Waals surface area contributed by atoms with Crippen LogP contribution < -0.4 is 0 Å². The first-order valence-electron chi connectivity index (χ1n) is 4.18. The molecule has 70 valence electrons. The van der Waals surface area contributed by atoms with Crippen molar-refractivity contribution in [1.82, 2.24) is 0 Å². The minimum Gasteiger partial charge on any atom is -0.292 e. The van der Waals surface area contributed by atoms with Gasteiger partial charge in [-0.2, -0.15) is 11.8 Å². The Hall–Kier alpha value is -0.350. The Labute approximate surface area is 84.3 Å². The SMILES string of the molecule is O=C(c1sccc1F)C1CCCS1. The fraction of sp³-hybridized carbons (Fsp3) is 0.444. The number of ketones is 1. The molecule has 1 fully saturated rings. The molecule has 1 saturated heterocycles. The quantitative estimate of drug-likeness (QED) is 0.707. The Balaban J connectivity index is 2.17. The summed E-state index contributed by atoms with van der Waals surface area (Å²) >= 11 is 2.85. The van der Waals surface area contributed by atoms with Gasteiger partial charge in [0.25, 0.3) is 0 Å². The van der Waals surface area contributed by atoms with Crippen LogP contribution in [0.15, 0.2) is 11.4 Å². The van der Waals surface area contributed by atoms with Crippen LogP contribution in [0, 0.1) is 5.82 Å². The minimum absolute atomic E-state index is 0.00755. The molecule has 2 heterocycles. The van der Waals surface area contributed by atoms with Crippen molar-refractivity contribution < 1.29 is 9.18 Å². The maximum Gasteiger partial charge on any atom is 0.188 e. The third-order valence-corrected chi connectivity index (χ3v) is 4.34. The van der Waals surface area contributed by atoms with Crippen LogP contribution in [0.5, 0.6) is 0 Å². The van der Waals surface area contributed by atoms with E-state index in [1.165, 1.54) is 17.4 Å². The predicted octanol–water partition coefficient (Wildman–Crippen LogP) is 2.97. The monoisotopic (exact) mass is 216 g/mol. The lowest BCUT2D eigenvalue weighted by molar-refractivity contribution is 0.0989. The van der Waals surface area contributed by atoms with E-state index in [9.17, 15) is 9.18 Å². The number of rotatable bonds is 2. The molecule has 0 radical (unpaired) electrons. The van der Waals surface area contributed by atoms with Gasteiger partial charge in [-0.3, -0.25) is 4.79 Å². The molecule has 0 aliphatic carbocycles. The molecular formula is C9H9FOS2. The zero-order valence-electron chi connectivity index (χ0n) is 6.96. The first kappa shape index (κ1) is 9.21. The highest BCUT2D eigenvalue weighted by molar-refractivity contribution is 8.00. The van der Waals surface area contributed by atoms with Crippen molar-refractivity contribution in [3.8, 4) is 0 Å². The first-order valence-corrected chi connectivity index (χ1v) is 6.10. The van der Waals surface area contributed by atoms with Gasteiger partial charge in [-0.15, -0.1) is 11.3 Å². The summed E-state index contributed by atoms with van der Waals surface area (Å²) in [5.74, 6) is 0.654. The van der Waals surface area contributed by atoms with Gasteiger partial charge in [-0.25, -0.2) is 4.39 Å². The first-order chi connectivity index (χ1) is 6.29. The number of Topliss-reactive ketones (excluding diaryl/α,β-unsaturated/α-hetero) is 1. The lowest BCUT2D eigenvalue weighted by Crippen LogP contribution is -2.13. The largest absolute Gasteiger partial charge is 0.292 e. The molecule has 2 rings (SSSR count). The molecule has 0 aromatic carbocycles. The van der Waals surface area contributed by atoms with Gasteiger partial charge in [0.2, 0.25) is 0 Å². The molecule has 1 aliphatic rings. The third kappa shape index (κ3) is 1.79. The highest BCUT2D eigenvalue weighted by Gasteiger charge is 2.27. The fourth-order valence-corrected chi connectivity index (χ4v) is 3.46. The molecule has 13 heavy (non-hydrogen) atoms. The van der Waals surface area contributed by atoms with Crippen molar-refractivity contribution in [2.45, 2.75) is 18.1 Å². The van der Waals surface area contributed by atoms with Crippen LogP contribution in [-0.4, -0.2) is 16.8 Å². The molecule has 1 aliphatic heterocycles. The van der Waals surface area contributed by atoms with E-state index in [1.807, 2.05) is 0 Å². The van der Waals surface area contributed by atoms with E-state index in [0.717, 1.165) is 18.6 Å². The molecule has 1 aromatic rings. The molecule has 1 nitrogen and oxygen atoms in total. The minimum atomic E-state index is -0.359. The molecular weight excluding hydrogens is 207 g/mol.